The fourth-order valence-corrected chi connectivity index (χ4v) is 3.02. The summed E-state index contributed by atoms with van der Waals surface area (Å²) in [6.07, 6.45) is 0. The predicted octanol–water partition coefficient (Wildman–Crippen LogP) is 5.26. The molecule has 2 aromatic carbocycles. The van der Waals surface area contributed by atoms with Gasteiger partial charge in [-0.3, -0.25) is 4.79 Å². The molecule has 0 aliphatic carbocycles. The maximum atomic E-state index is 12.0. The lowest BCUT2D eigenvalue weighted by Crippen LogP contribution is -2.15. The first-order valence-corrected chi connectivity index (χ1v) is 9.04. The molecule has 0 saturated heterocycles. The fraction of sp³-hybridized carbons (Fsp3) is 0.235. The Kier molecular flexibility index (Phi) is 7.09. The largest absolute Gasteiger partial charge is 0.492 e. The van der Waals surface area contributed by atoms with E-state index in [1.165, 1.54) is 11.8 Å². The summed E-state index contributed by atoms with van der Waals surface area (Å²) in [7, 11) is 0. The van der Waals surface area contributed by atoms with E-state index in [0.717, 1.165) is 5.56 Å². The van der Waals surface area contributed by atoms with Crippen molar-refractivity contribution in [3.05, 3.63) is 58.1 Å². The molecule has 0 spiro atoms. The summed E-state index contributed by atoms with van der Waals surface area (Å²) in [5.74, 6) is 1.65. The minimum atomic E-state index is -0.0674. The average Bonchev–Trinajstić information content (AvgIpc) is 2.53. The number of carbonyl (C=O) groups is 1. The number of rotatable bonds is 7. The highest BCUT2D eigenvalue weighted by molar-refractivity contribution is 7.99. The SMILES string of the molecule is CCOc1ccccc1NC(=O)CSCc1ccc(Cl)c(Cl)c1. The van der Waals surface area contributed by atoms with Gasteiger partial charge in [0.2, 0.25) is 5.91 Å². The van der Waals surface area contributed by atoms with E-state index in [2.05, 4.69) is 5.32 Å². The third kappa shape index (κ3) is 5.65. The number of ether oxygens (including phenoxy) is 1. The number of thioether (sulfide) groups is 1. The van der Waals surface area contributed by atoms with Gasteiger partial charge in [-0.25, -0.2) is 0 Å². The molecular weight excluding hydrogens is 353 g/mol. The first-order chi connectivity index (χ1) is 11.1. The van der Waals surface area contributed by atoms with Gasteiger partial charge in [-0.2, -0.15) is 0 Å². The Hall–Kier alpha value is -1.36. The number of halogens is 2. The van der Waals surface area contributed by atoms with E-state index in [9.17, 15) is 4.79 Å². The number of hydrogen-bond donors (Lipinski definition) is 1. The molecule has 6 heteroatoms. The van der Waals surface area contributed by atoms with E-state index in [0.29, 0.717) is 39.6 Å². The Labute approximate surface area is 150 Å². The van der Waals surface area contributed by atoms with Crippen LogP contribution in [-0.2, 0) is 10.5 Å². The van der Waals surface area contributed by atoms with Crippen molar-refractivity contribution in [2.75, 3.05) is 17.7 Å². The second kappa shape index (κ2) is 9.06. The Morgan fingerprint density at radius 2 is 1.96 bits per heavy atom. The molecule has 0 unspecified atom stereocenters. The van der Waals surface area contributed by atoms with Gasteiger partial charge < -0.3 is 10.1 Å². The highest BCUT2D eigenvalue weighted by atomic mass is 35.5. The number of hydrogen-bond acceptors (Lipinski definition) is 3. The minimum Gasteiger partial charge on any atom is -0.492 e. The lowest BCUT2D eigenvalue weighted by atomic mass is 10.2. The van der Waals surface area contributed by atoms with Gasteiger partial charge in [0, 0.05) is 5.75 Å². The van der Waals surface area contributed by atoms with Crippen LogP contribution in [-0.4, -0.2) is 18.3 Å². The van der Waals surface area contributed by atoms with E-state index < -0.39 is 0 Å². The first-order valence-electron chi connectivity index (χ1n) is 7.13. The molecule has 0 saturated carbocycles. The van der Waals surface area contributed by atoms with Crippen LogP contribution in [0.4, 0.5) is 5.69 Å². The summed E-state index contributed by atoms with van der Waals surface area (Å²) < 4.78 is 5.49. The number of amides is 1. The van der Waals surface area contributed by atoms with Gasteiger partial charge in [-0.15, -0.1) is 11.8 Å². The van der Waals surface area contributed by atoms with Crippen molar-refractivity contribution in [1.82, 2.24) is 0 Å². The van der Waals surface area contributed by atoms with Crippen molar-refractivity contribution in [3.63, 3.8) is 0 Å². The van der Waals surface area contributed by atoms with Gasteiger partial charge in [0.05, 0.1) is 28.1 Å². The summed E-state index contributed by atoms with van der Waals surface area (Å²) in [6, 6.07) is 12.9. The summed E-state index contributed by atoms with van der Waals surface area (Å²) in [4.78, 5) is 12.0. The van der Waals surface area contributed by atoms with Crippen LogP contribution in [0.25, 0.3) is 0 Å². The van der Waals surface area contributed by atoms with E-state index >= 15 is 0 Å². The lowest BCUT2D eigenvalue weighted by molar-refractivity contribution is -0.113. The van der Waals surface area contributed by atoms with Gasteiger partial charge in [0.15, 0.2) is 0 Å². The standard InChI is InChI=1S/C17H17Cl2NO2S/c1-2-22-16-6-4-3-5-15(16)20-17(21)11-23-10-12-7-8-13(18)14(19)9-12/h3-9H,2,10-11H2,1H3,(H,20,21). The molecule has 0 fully saturated rings. The molecule has 2 aromatic rings. The second-order valence-corrected chi connectivity index (χ2v) is 6.52. The van der Waals surface area contributed by atoms with E-state index in [1.807, 2.05) is 43.3 Å². The Balaban J connectivity index is 1.84. The quantitative estimate of drug-likeness (QED) is 0.722. The van der Waals surface area contributed by atoms with E-state index in [1.54, 1.807) is 6.07 Å². The number of carbonyl (C=O) groups excluding carboxylic acids is 1. The molecule has 1 N–H and O–H groups in total. The van der Waals surface area contributed by atoms with E-state index in [4.69, 9.17) is 27.9 Å². The lowest BCUT2D eigenvalue weighted by Gasteiger charge is -2.11. The molecule has 23 heavy (non-hydrogen) atoms. The summed E-state index contributed by atoms with van der Waals surface area (Å²) >= 11 is 13.4. The van der Waals surface area contributed by atoms with Crippen molar-refractivity contribution < 1.29 is 9.53 Å². The second-order valence-electron chi connectivity index (χ2n) is 4.72. The van der Waals surface area contributed by atoms with Crippen LogP contribution < -0.4 is 10.1 Å². The van der Waals surface area contributed by atoms with Gasteiger partial charge in [-0.05, 0) is 36.8 Å². The molecule has 0 radical (unpaired) electrons. The first kappa shape index (κ1) is 18.0. The van der Waals surface area contributed by atoms with Crippen LogP contribution in [0.1, 0.15) is 12.5 Å². The zero-order chi connectivity index (χ0) is 16.7. The monoisotopic (exact) mass is 369 g/mol. The van der Waals surface area contributed by atoms with Crippen molar-refractivity contribution >= 4 is 46.6 Å². The summed E-state index contributed by atoms with van der Waals surface area (Å²) in [5, 5.41) is 3.93. The van der Waals surface area contributed by atoms with Crippen molar-refractivity contribution in [2.45, 2.75) is 12.7 Å². The van der Waals surface area contributed by atoms with Crippen LogP contribution in [0, 0.1) is 0 Å². The normalized spacial score (nSPS) is 10.4. The summed E-state index contributed by atoms with van der Waals surface area (Å²) in [5.41, 5.74) is 1.72. The third-order valence-corrected chi connectivity index (χ3v) is 4.69. The molecule has 3 nitrogen and oxygen atoms in total. The highest BCUT2D eigenvalue weighted by Gasteiger charge is 2.08. The molecule has 2 rings (SSSR count). The molecule has 0 aromatic heterocycles. The van der Waals surface area contributed by atoms with Crippen LogP contribution >= 0.6 is 35.0 Å². The van der Waals surface area contributed by atoms with Crippen molar-refractivity contribution in [2.24, 2.45) is 0 Å². The van der Waals surface area contributed by atoms with Gasteiger partial charge >= 0.3 is 0 Å². The Bertz CT molecular complexity index is 679. The van der Waals surface area contributed by atoms with Crippen molar-refractivity contribution in [3.8, 4) is 5.75 Å². The molecule has 122 valence electrons. The molecular formula is C17H17Cl2NO2S. The predicted molar refractivity (Wildman–Crippen MR) is 98.9 cm³/mol. The highest BCUT2D eigenvalue weighted by Crippen LogP contribution is 2.26. The van der Waals surface area contributed by atoms with Crippen LogP contribution in [0.3, 0.4) is 0 Å². The Morgan fingerprint density at radius 1 is 1.17 bits per heavy atom. The molecule has 0 heterocycles. The zero-order valence-electron chi connectivity index (χ0n) is 12.6. The van der Waals surface area contributed by atoms with Gasteiger partial charge in [0.1, 0.15) is 5.75 Å². The smallest absolute Gasteiger partial charge is 0.234 e. The number of anilines is 1. The van der Waals surface area contributed by atoms with E-state index in [-0.39, 0.29) is 5.91 Å². The minimum absolute atomic E-state index is 0.0674. The van der Waals surface area contributed by atoms with Crippen molar-refractivity contribution in [1.29, 1.82) is 0 Å². The zero-order valence-corrected chi connectivity index (χ0v) is 15.0. The molecule has 0 aliphatic rings. The third-order valence-electron chi connectivity index (χ3n) is 2.95. The molecule has 1 amide bonds. The summed E-state index contributed by atoms with van der Waals surface area (Å²) in [6.45, 7) is 2.46. The van der Waals surface area contributed by atoms with Crippen LogP contribution in [0.5, 0.6) is 5.75 Å². The topological polar surface area (TPSA) is 38.3 Å². The Morgan fingerprint density at radius 3 is 2.70 bits per heavy atom. The molecule has 0 atom stereocenters. The number of nitrogens with one attached hydrogen (secondary N) is 1. The van der Waals surface area contributed by atoms with Crippen LogP contribution in [0.2, 0.25) is 10.0 Å². The van der Waals surface area contributed by atoms with Gasteiger partial charge in [0.25, 0.3) is 0 Å². The van der Waals surface area contributed by atoms with Gasteiger partial charge in [-0.1, -0.05) is 41.4 Å². The number of benzene rings is 2. The average molecular weight is 370 g/mol. The molecule has 0 aliphatic heterocycles. The fourth-order valence-electron chi connectivity index (χ4n) is 1.93. The molecule has 0 bridgehead atoms. The maximum absolute atomic E-state index is 12.0. The maximum Gasteiger partial charge on any atom is 0.234 e. The van der Waals surface area contributed by atoms with Crippen LogP contribution in [0.15, 0.2) is 42.5 Å². The number of para-hydroxylation sites is 2.